The summed E-state index contributed by atoms with van der Waals surface area (Å²) in [6, 6.07) is 3.74. The van der Waals surface area contributed by atoms with Crippen LogP contribution in [0.4, 0.5) is 0 Å². The van der Waals surface area contributed by atoms with Crippen LogP contribution in [0.2, 0.25) is 0 Å². The smallest absolute Gasteiger partial charge is 0.147 e. The molecule has 0 aromatic heterocycles. The number of benzene rings is 1. The summed E-state index contributed by atoms with van der Waals surface area (Å²) >= 11 is 0. The Hall–Kier alpha value is -2.06. The maximum absolute atomic E-state index is 10.3. The standard InChI is InChI=1S/C28H38O10/c1-13(2)17-9-16(6-8-20-24(32)28(36)26(34)22(12-30)38-20)18(14(3)4)10-15(17)5-7-19-23(31)27(35)25(33)21(11-29)37-19/h9-10,13-14,19-36H,11-12H2,1-4H3/t19-,20-,21-,22-,23-,24-,25-,26-,27-,28-/m1/s1. The van der Waals surface area contributed by atoms with Crippen LogP contribution in [-0.2, 0) is 9.47 Å². The highest BCUT2D eigenvalue weighted by molar-refractivity contribution is 5.54. The van der Waals surface area contributed by atoms with Crippen molar-refractivity contribution in [3.63, 3.8) is 0 Å². The molecule has 1 aromatic rings. The molecule has 2 fully saturated rings. The van der Waals surface area contributed by atoms with Crippen molar-refractivity contribution in [3.05, 3.63) is 34.4 Å². The van der Waals surface area contributed by atoms with Gasteiger partial charge in [-0.25, -0.2) is 0 Å². The van der Waals surface area contributed by atoms with E-state index in [-0.39, 0.29) is 11.8 Å². The van der Waals surface area contributed by atoms with Crippen LogP contribution in [0.5, 0.6) is 0 Å². The first-order valence-electron chi connectivity index (χ1n) is 12.7. The number of aliphatic hydroxyl groups is 8. The number of hydrogen-bond acceptors (Lipinski definition) is 10. The summed E-state index contributed by atoms with van der Waals surface area (Å²) < 4.78 is 11.0. The molecular weight excluding hydrogens is 496 g/mol. The lowest BCUT2D eigenvalue weighted by molar-refractivity contribution is -0.214. The van der Waals surface area contributed by atoms with Gasteiger partial charge in [0, 0.05) is 11.1 Å². The lowest BCUT2D eigenvalue weighted by Crippen LogP contribution is -2.58. The molecular formula is C28H38O10. The molecule has 0 bridgehead atoms. The second-order valence-corrected chi connectivity index (χ2v) is 10.4. The largest absolute Gasteiger partial charge is 0.394 e. The predicted octanol–water partition coefficient (Wildman–Crippen LogP) is -1.68. The van der Waals surface area contributed by atoms with Gasteiger partial charge in [-0.05, 0) is 35.1 Å². The maximum atomic E-state index is 10.3. The Bertz CT molecular complexity index is 991. The third-order valence-electron chi connectivity index (χ3n) is 6.95. The summed E-state index contributed by atoms with van der Waals surface area (Å²) in [6.45, 7) is 6.80. The molecule has 0 amide bonds. The zero-order valence-electron chi connectivity index (χ0n) is 21.9. The van der Waals surface area contributed by atoms with Crippen LogP contribution in [0.15, 0.2) is 12.1 Å². The van der Waals surface area contributed by atoms with Gasteiger partial charge in [0.05, 0.1) is 13.2 Å². The fourth-order valence-electron chi connectivity index (χ4n) is 4.54. The van der Waals surface area contributed by atoms with Crippen molar-refractivity contribution in [2.24, 2.45) is 0 Å². The normalized spacial score (nSPS) is 35.4. The molecule has 2 aliphatic rings. The molecule has 10 atom stereocenters. The molecule has 0 radical (unpaired) electrons. The van der Waals surface area contributed by atoms with E-state index in [1.165, 1.54) is 0 Å². The highest BCUT2D eigenvalue weighted by Gasteiger charge is 2.43. The number of ether oxygens (including phenoxy) is 2. The van der Waals surface area contributed by atoms with Crippen molar-refractivity contribution in [2.45, 2.75) is 101 Å². The monoisotopic (exact) mass is 534 g/mol. The van der Waals surface area contributed by atoms with E-state index in [0.29, 0.717) is 11.1 Å². The van der Waals surface area contributed by atoms with Gasteiger partial charge in [-0.3, -0.25) is 0 Å². The number of rotatable bonds is 4. The fraction of sp³-hybridized carbons (Fsp3) is 0.643. The molecule has 0 unspecified atom stereocenters. The second kappa shape index (κ2) is 12.9. The Kier molecular flexibility index (Phi) is 10.3. The predicted molar refractivity (Wildman–Crippen MR) is 136 cm³/mol. The highest BCUT2D eigenvalue weighted by Crippen LogP contribution is 2.29. The van der Waals surface area contributed by atoms with Gasteiger partial charge >= 0.3 is 0 Å². The summed E-state index contributed by atoms with van der Waals surface area (Å²) in [5.41, 5.74) is 2.98. The molecule has 2 saturated heterocycles. The summed E-state index contributed by atoms with van der Waals surface area (Å²) in [6.07, 6.45) is -13.2. The molecule has 10 nitrogen and oxygen atoms in total. The van der Waals surface area contributed by atoms with Gasteiger partial charge in [-0.2, -0.15) is 0 Å². The molecule has 2 aliphatic heterocycles. The van der Waals surface area contributed by atoms with E-state index in [1.54, 1.807) is 0 Å². The average Bonchev–Trinajstić information content (AvgIpc) is 2.89. The molecule has 0 aliphatic carbocycles. The maximum Gasteiger partial charge on any atom is 0.147 e. The first-order chi connectivity index (χ1) is 17.9. The molecule has 2 heterocycles. The van der Waals surface area contributed by atoms with E-state index in [4.69, 9.17) is 9.47 Å². The van der Waals surface area contributed by atoms with Crippen LogP contribution >= 0.6 is 0 Å². The van der Waals surface area contributed by atoms with Crippen molar-refractivity contribution in [1.29, 1.82) is 0 Å². The van der Waals surface area contributed by atoms with Crippen LogP contribution < -0.4 is 0 Å². The summed E-state index contributed by atoms with van der Waals surface area (Å²) in [4.78, 5) is 0. The van der Waals surface area contributed by atoms with Gasteiger partial charge in [-0.15, -0.1) is 0 Å². The minimum absolute atomic E-state index is 0.0168. The average molecular weight is 535 g/mol. The van der Waals surface area contributed by atoms with E-state index < -0.39 is 74.3 Å². The van der Waals surface area contributed by atoms with Gasteiger partial charge in [0.15, 0.2) is 0 Å². The van der Waals surface area contributed by atoms with E-state index >= 15 is 0 Å². The lowest BCUT2D eigenvalue weighted by atomic mass is 9.87. The topological polar surface area (TPSA) is 180 Å². The summed E-state index contributed by atoms with van der Waals surface area (Å²) in [7, 11) is 0. The minimum Gasteiger partial charge on any atom is -0.394 e. The molecule has 1 aromatic carbocycles. The highest BCUT2D eigenvalue weighted by atomic mass is 16.5. The third-order valence-corrected chi connectivity index (χ3v) is 6.95. The van der Waals surface area contributed by atoms with Crippen LogP contribution in [0.3, 0.4) is 0 Å². The second-order valence-electron chi connectivity index (χ2n) is 10.4. The molecule has 0 spiro atoms. The Morgan fingerprint density at radius 3 is 1.24 bits per heavy atom. The van der Waals surface area contributed by atoms with Gasteiger partial charge in [0.1, 0.15) is 61.0 Å². The van der Waals surface area contributed by atoms with E-state index in [1.807, 2.05) is 39.8 Å². The summed E-state index contributed by atoms with van der Waals surface area (Å²) in [5, 5.41) is 79.7. The third kappa shape index (κ3) is 6.39. The minimum atomic E-state index is -1.52. The van der Waals surface area contributed by atoms with E-state index in [9.17, 15) is 40.9 Å². The summed E-state index contributed by atoms with van der Waals surface area (Å²) in [5.74, 6) is 11.7. The zero-order valence-corrected chi connectivity index (χ0v) is 21.9. The molecule has 3 rings (SSSR count). The number of hydrogen-bond donors (Lipinski definition) is 8. The zero-order chi connectivity index (χ0) is 28.3. The molecule has 210 valence electrons. The Labute approximate surface area is 222 Å². The molecule has 0 saturated carbocycles. The van der Waals surface area contributed by atoms with Gasteiger partial charge in [0.25, 0.3) is 0 Å². The molecule has 8 N–H and O–H groups in total. The molecule has 10 heteroatoms. The van der Waals surface area contributed by atoms with E-state index in [2.05, 4.69) is 23.7 Å². The number of aliphatic hydroxyl groups excluding tert-OH is 8. The Morgan fingerprint density at radius 1 is 0.605 bits per heavy atom. The van der Waals surface area contributed by atoms with Crippen LogP contribution in [-0.4, -0.2) is 115 Å². The quantitative estimate of drug-likeness (QED) is 0.208. The van der Waals surface area contributed by atoms with Crippen molar-refractivity contribution < 1.29 is 50.3 Å². The first-order valence-corrected chi connectivity index (χ1v) is 12.7. The van der Waals surface area contributed by atoms with Crippen LogP contribution in [0.1, 0.15) is 61.8 Å². The Balaban J connectivity index is 1.99. The van der Waals surface area contributed by atoms with E-state index in [0.717, 1.165) is 11.1 Å². The van der Waals surface area contributed by atoms with Crippen molar-refractivity contribution in [3.8, 4) is 23.7 Å². The lowest BCUT2D eigenvalue weighted by Gasteiger charge is -2.37. The van der Waals surface area contributed by atoms with Crippen molar-refractivity contribution in [2.75, 3.05) is 13.2 Å². The fourth-order valence-corrected chi connectivity index (χ4v) is 4.54. The SMILES string of the molecule is CC(C)c1cc(C#C[C@H]2O[C@H](CO)[C@@H](O)[C@H](O)[C@@H]2O)c(C(C)C)cc1C#C[C@H]1O[C@H](CO)[C@@H](O)[C@H](O)[C@@H]1O. The van der Waals surface area contributed by atoms with Gasteiger partial charge in [0.2, 0.25) is 0 Å². The van der Waals surface area contributed by atoms with Gasteiger partial charge in [-0.1, -0.05) is 51.4 Å². The Morgan fingerprint density at radius 2 is 0.947 bits per heavy atom. The van der Waals surface area contributed by atoms with Crippen LogP contribution in [0.25, 0.3) is 0 Å². The van der Waals surface area contributed by atoms with Crippen LogP contribution in [0, 0.1) is 23.7 Å². The van der Waals surface area contributed by atoms with Crippen molar-refractivity contribution in [1.82, 2.24) is 0 Å². The molecule has 38 heavy (non-hydrogen) atoms. The van der Waals surface area contributed by atoms with Gasteiger partial charge < -0.3 is 50.3 Å². The first kappa shape index (κ1) is 30.5. The van der Waals surface area contributed by atoms with Crippen molar-refractivity contribution >= 4 is 0 Å².